The lowest BCUT2D eigenvalue weighted by Crippen LogP contribution is -2.37. The van der Waals surface area contributed by atoms with Gasteiger partial charge in [0.2, 0.25) is 0 Å². The molecule has 1 saturated heterocycles. The van der Waals surface area contributed by atoms with Gasteiger partial charge >= 0.3 is 6.36 Å². The Morgan fingerprint density at radius 3 is 2.36 bits per heavy atom. The summed E-state index contributed by atoms with van der Waals surface area (Å²) in [5.41, 5.74) is 0. The van der Waals surface area contributed by atoms with E-state index in [-0.39, 0.29) is 6.61 Å². The van der Waals surface area contributed by atoms with Crippen LogP contribution in [-0.2, 0) is 4.74 Å². The summed E-state index contributed by atoms with van der Waals surface area (Å²) in [6.45, 7) is 1.78. The van der Waals surface area contributed by atoms with Gasteiger partial charge in [-0.1, -0.05) is 15.9 Å². The average molecular weight is 276 g/mol. The Morgan fingerprint density at radius 1 is 1.29 bits per heavy atom. The van der Waals surface area contributed by atoms with Crippen molar-refractivity contribution in [3.8, 4) is 0 Å². The molecule has 6 heteroatoms. The summed E-state index contributed by atoms with van der Waals surface area (Å²) < 4.78 is 38.6. The Morgan fingerprint density at radius 2 is 1.86 bits per heavy atom. The zero-order valence-electron chi connectivity index (χ0n) is 7.69. The van der Waals surface area contributed by atoms with E-state index in [9.17, 15) is 13.2 Å². The molecular formula is C8H13BrF3NO. The molecule has 14 heavy (non-hydrogen) atoms. The normalized spacial score (nSPS) is 21.4. The second-order valence-corrected chi connectivity index (χ2v) is 4.61. The van der Waals surface area contributed by atoms with E-state index in [0.29, 0.717) is 11.4 Å². The maximum atomic E-state index is 11.6. The molecule has 1 heterocycles. The van der Waals surface area contributed by atoms with Crippen molar-refractivity contribution in [2.45, 2.75) is 24.0 Å². The highest BCUT2D eigenvalue weighted by molar-refractivity contribution is 9.09. The summed E-state index contributed by atoms with van der Waals surface area (Å²) in [6.07, 6.45) is -2.51. The number of rotatable bonds is 3. The van der Waals surface area contributed by atoms with Gasteiger partial charge in [-0.25, -0.2) is 0 Å². The number of nitrogens with zero attached hydrogens (tertiary/aromatic N) is 1. The summed E-state index contributed by atoms with van der Waals surface area (Å²) in [4.78, 5) is 2.51. The van der Waals surface area contributed by atoms with Crippen molar-refractivity contribution in [3.63, 3.8) is 0 Å². The van der Waals surface area contributed by atoms with E-state index >= 15 is 0 Å². The zero-order chi connectivity index (χ0) is 10.6. The van der Waals surface area contributed by atoms with Crippen LogP contribution in [-0.4, -0.2) is 42.3 Å². The van der Waals surface area contributed by atoms with Crippen molar-refractivity contribution in [2.24, 2.45) is 0 Å². The molecule has 84 valence electrons. The Hall–Kier alpha value is 0.190. The van der Waals surface area contributed by atoms with Gasteiger partial charge in [0.05, 0.1) is 6.61 Å². The van der Waals surface area contributed by atoms with Crippen molar-refractivity contribution in [3.05, 3.63) is 0 Å². The Kier molecular flexibility index (Phi) is 4.66. The lowest BCUT2D eigenvalue weighted by molar-refractivity contribution is -0.325. The molecule has 0 bridgehead atoms. The molecule has 0 atom stereocenters. The first-order valence-corrected chi connectivity index (χ1v) is 5.46. The smallest absolute Gasteiger partial charge is 0.301 e. The first-order chi connectivity index (χ1) is 6.47. The second-order valence-electron chi connectivity index (χ2n) is 3.31. The lowest BCUT2D eigenvalue weighted by Gasteiger charge is -2.29. The van der Waals surface area contributed by atoms with Gasteiger partial charge in [0, 0.05) is 11.4 Å². The number of halogens is 4. The van der Waals surface area contributed by atoms with Crippen LogP contribution in [0.4, 0.5) is 13.2 Å². The van der Waals surface area contributed by atoms with E-state index in [0.717, 1.165) is 25.9 Å². The van der Waals surface area contributed by atoms with Gasteiger partial charge in [0.1, 0.15) is 0 Å². The zero-order valence-corrected chi connectivity index (χ0v) is 9.27. The standard InChI is InChI=1S/C8H13BrF3NO/c9-7-1-3-13(4-2-7)5-6-14-8(10,11)12/h7H,1-6H2. The molecule has 0 N–H and O–H groups in total. The highest BCUT2D eigenvalue weighted by atomic mass is 79.9. The Labute approximate surface area is 89.5 Å². The molecule has 0 aliphatic carbocycles. The highest BCUT2D eigenvalue weighted by Gasteiger charge is 2.29. The quantitative estimate of drug-likeness (QED) is 0.734. The van der Waals surface area contributed by atoms with Crippen LogP contribution >= 0.6 is 15.9 Å². The molecule has 0 saturated carbocycles. The Bertz CT molecular complexity index is 168. The number of alkyl halides is 4. The maximum Gasteiger partial charge on any atom is 0.522 e. The van der Waals surface area contributed by atoms with Crippen LogP contribution in [0.15, 0.2) is 0 Å². The van der Waals surface area contributed by atoms with Crippen LogP contribution in [0.5, 0.6) is 0 Å². The first-order valence-electron chi connectivity index (χ1n) is 4.54. The predicted octanol–water partition coefficient (Wildman–Crippen LogP) is 2.38. The number of hydrogen-bond donors (Lipinski definition) is 0. The third-order valence-corrected chi connectivity index (χ3v) is 3.11. The molecule has 0 radical (unpaired) electrons. The third kappa shape index (κ3) is 5.17. The van der Waals surface area contributed by atoms with Crippen molar-refractivity contribution < 1.29 is 17.9 Å². The average Bonchev–Trinajstić information content (AvgIpc) is 2.06. The molecule has 0 aromatic heterocycles. The van der Waals surface area contributed by atoms with E-state index in [1.165, 1.54) is 0 Å². The highest BCUT2D eigenvalue weighted by Crippen LogP contribution is 2.18. The summed E-state index contributed by atoms with van der Waals surface area (Å²) in [7, 11) is 0. The summed E-state index contributed by atoms with van der Waals surface area (Å²) >= 11 is 3.48. The molecule has 2 nitrogen and oxygen atoms in total. The van der Waals surface area contributed by atoms with Gasteiger partial charge in [-0.05, 0) is 25.9 Å². The van der Waals surface area contributed by atoms with Gasteiger partial charge in [-0.15, -0.1) is 13.2 Å². The van der Waals surface area contributed by atoms with E-state index in [1.54, 1.807) is 0 Å². The fourth-order valence-corrected chi connectivity index (χ4v) is 1.83. The molecule has 0 spiro atoms. The Balaban J connectivity index is 2.08. The molecular weight excluding hydrogens is 263 g/mol. The van der Waals surface area contributed by atoms with Crippen LogP contribution in [0.3, 0.4) is 0 Å². The number of ether oxygens (including phenoxy) is 1. The number of hydrogen-bond acceptors (Lipinski definition) is 2. The molecule has 1 aliphatic heterocycles. The van der Waals surface area contributed by atoms with Crippen LogP contribution < -0.4 is 0 Å². The SMILES string of the molecule is FC(F)(F)OCCN1CCC(Br)CC1. The van der Waals surface area contributed by atoms with Gasteiger partial charge in [0.15, 0.2) is 0 Å². The van der Waals surface area contributed by atoms with Crippen molar-refractivity contribution in [1.29, 1.82) is 0 Å². The lowest BCUT2D eigenvalue weighted by atomic mass is 10.1. The minimum absolute atomic E-state index is 0.267. The molecule has 0 aromatic carbocycles. The van der Waals surface area contributed by atoms with E-state index in [1.807, 2.05) is 4.90 Å². The van der Waals surface area contributed by atoms with E-state index in [2.05, 4.69) is 20.7 Å². The second kappa shape index (κ2) is 5.32. The maximum absolute atomic E-state index is 11.6. The molecule has 1 fully saturated rings. The largest absolute Gasteiger partial charge is 0.522 e. The van der Waals surface area contributed by atoms with Crippen molar-refractivity contribution in [1.82, 2.24) is 4.90 Å². The molecule has 0 amide bonds. The van der Waals surface area contributed by atoms with Crippen LogP contribution in [0.25, 0.3) is 0 Å². The van der Waals surface area contributed by atoms with Crippen LogP contribution in [0.1, 0.15) is 12.8 Å². The molecule has 1 aliphatic rings. The predicted molar refractivity (Wildman–Crippen MR) is 50.4 cm³/mol. The summed E-state index contributed by atoms with van der Waals surface area (Å²) in [5.74, 6) is 0. The minimum Gasteiger partial charge on any atom is -0.301 e. The summed E-state index contributed by atoms with van der Waals surface area (Å²) in [6, 6.07) is 0. The monoisotopic (exact) mass is 275 g/mol. The summed E-state index contributed by atoms with van der Waals surface area (Å²) in [5, 5.41) is 0. The van der Waals surface area contributed by atoms with Crippen molar-refractivity contribution in [2.75, 3.05) is 26.2 Å². The fourth-order valence-electron chi connectivity index (χ4n) is 1.42. The van der Waals surface area contributed by atoms with Gasteiger partial charge < -0.3 is 4.90 Å². The van der Waals surface area contributed by atoms with Gasteiger partial charge in [0.25, 0.3) is 0 Å². The minimum atomic E-state index is -4.49. The number of likely N-dealkylation sites (tertiary alicyclic amines) is 1. The molecule has 1 rings (SSSR count). The molecule has 0 unspecified atom stereocenters. The van der Waals surface area contributed by atoms with E-state index < -0.39 is 6.36 Å². The van der Waals surface area contributed by atoms with Crippen molar-refractivity contribution >= 4 is 15.9 Å². The topological polar surface area (TPSA) is 12.5 Å². The van der Waals surface area contributed by atoms with Crippen LogP contribution in [0, 0.1) is 0 Å². The van der Waals surface area contributed by atoms with Crippen LogP contribution in [0.2, 0.25) is 0 Å². The van der Waals surface area contributed by atoms with Gasteiger partial charge in [-0.3, -0.25) is 4.74 Å². The molecule has 0 aromatic rings. The van der Waals surface area contributed by atoms with Gasteiger partial charge in [-0.2, -0.15) is 0 Å². The van der Waals surface area contributed by atoms with E-state index in [4.69, 9.17) is 0 Å². The number of piperidine rings is 1. The third-order valence-electron chi connectivity index (χ3n) is 2.19. The fraction of sp³-hybridized carbons (Fsp3) is 1.00. The first kappa shape index (κ1) is 12.3.